The predicted octanol–water partition coefficient (Wildman–Crippen LogP) is 3.94. The van der Waals surface area contributed by atoms with Crippen molar-refractivity contribution in [2.45, 2.75) is 33.1 Å². The van der Waals surface area contributed by atoms with Gasteiger partial charge in [-0.3, -0.25) is 14.9 Å². The van der Waals surface area contributed by atoms with Gasteiger partial charge in [0.25, 0.3) is 5.69 Å². The molecule has 0 bridgehead atoms. The number of nitro groups is 1. The SMILES string of the molecule is CC(C)(CCNc1cc(Cl)ccc1[N+](=O)[O-])CCC(=O)O. The molecule has 0 aliphatic rings. The maximum Gasteiger partial charge on any atom is 0.303 e. The third kappa shape index (κ3) is 5.99. The standard InChI is InChI=1S/C14H19ClN2O4/c1-14(2,6-5-13(18)19)7-8-16-11-9-10(15)3-4-12(11)17(20)21/h3-4,9,16H,5-8H2,1-2H3,(H,18,19). The second-order valence-electron chi connectivity index (χ2n) is 5.65. The molecule has 21 heavy (non-hydrogen) atoms. The summed E-state index contributed by atoms with van der Waals surface area (Å²) in [6.07, 6.45) is 1.37. The molecule has 1 rings (SSSR count). The number of nitrogens with one attached hydrogen (secondary N) is 1. The zero-order chi connectivity index (χ0) is 16.0. The van der Waals surface area contributed by atoms with Crippen LogP contribution in [0.3, 0.4) is 0 Å². The van der Waals surface area contributed by atoms with E-state index < -0.39 is 10.9 Å². The molecule has 1 aromatic carbocycles. The van der Waals surface area contributed by atoms with E-state index in [0.717, 1.165) is 0 Å². The van der Waals surface area contributed by atoms with Crippen LogP contribution < -0.4 is 5.32 Å². The maximum absolute atomic E-state index is 10.9. The van der Waals surface area contributed by atoms with Crippen LogP contribution in [0.15, 0.2) is 18.2 Å². The number of hydrogen-bond acceptors (Lipinski definition) is 4. The first-order valence-corrected chi connectivity index (χ1v) is 6.99. The van der Waals surface area contributed by atoms with Gasteiger partial charge >= 0.3 is 5.97 Å². The van der Waals surface area contributed by atoms with Crippen molar-refractivity contribution in [3.63, 3.8) is 0 Å². The highest BCUT2D eigenvalue weighted by molar-refractivity contribution is 6.31. The van der Waals surface area contributed by atoms with Crippen LogP contribution in [0.1, 0.15) is 33.1 Å². The molecule has 116 valence electrons. The van der Waals surface area contributed by atoms with E-state index in [9.17, 15) is 14.9 Å². The van der Waals surface area contributed by atoms with Crippen molar-refractivity contribution >= 4 is 28.9 Å². The number of carboxylic acids is 1. The second kappa shape index (κ2) is 7.26. The number of halogens is 1. The topological polar surface area (TPSA) is 92.5 Å². The average Bonchev–Trinajstić information content (AvgIpc) is 2.36. The van der Waals surface area contributed by atoms with Crippen molar-refractivity contribution in [2.75, 3.05) is 11.9 Å². The number of benzene rings is 1. The fraction of sp³-hybridized carbons (Fsp3) is 0.500. The van der Waals surface area contributed by atoms with Gasteiger partial charge in [0, 0.05) is 24.1 Å². The van der Waals surface area contributed by atoms with E-state index in [1.165, 1.54) is 18.2 Å². The lowest BCUT2D eigenvalue weighted by Crippen LogP contribution is -2.18. The molecular formula is C14H19ClN2O4. The van der Waals surface area contributed by atoms with E-state index in [2.05, 4.69) is 5.32 Å². The molecule has 1 aromatic rings. The maximum atomic E-state index is 10.9. The van der Waals surface area contributed by atoms with Crippen LogP contribution in [0, 0.1) is 15.5 Å². The molecular weight excluding hydrogens is 296 g/mol. The summed E-state index contributed by atoms with van der Waals surface area (Å²) in [5.74, 6) is -0.818. The Morgan fingerprint density at radius 2 is 2.10 bits per heavy atom. The summed E-state index contributed by atoms with van der Waals surface area (Å²) in [5, 5.41) is 23.1. The Kier molecular flexibility index (Phi) is 5.96. The molecule has 0 saturated heterocycles. The molecule has 6 nitrogen and oxygen atoms in total. The third-order valence-electron chi connectivity index (χ3n) is 3.29. The Bertz CT molecular complexity index is 532. The summed E-state index contributed by atoms with van der Waals surface area (Å²) in [6.45, 7) is 4.46. The van der Waals surface area contributed by atoms with Gasteiger partial charge in [0.15, 0.2) is 0 Å². The van der Waals surface area contributed by atoms with Crippen molar-refractivity contribution in [2.24, 2.45) is 5.41 Å². The quantitative estimate of drug-likeness (QED) is 0.560. The lowest BCUT2D eigenvalue weighted by atomic mass is 9.84. The smallest absolute Gasteiger partial charge is 0.303 e. The number of nitro benzene ring substituents is 1. The van der Waals surface area contributed by atoms with Crippen LogP contribution in [0.5, 0.6) is 0 Å². The molecule has 7 heteroatoms. The highest BCUT2D eigenvalue weighted by atomic mass is 35.5. The van der Waals surface area contributed by atoms with Gasteiger partial charge < -0.3 is 10.4 Å². The molecule has 2 N–H and O–H groups in total. The number of aliphatic carboxylic acids is 1. The Hall–Kier alpha value is -1.82. The van der Waals surface area contributed by atoms with E-state index in [-0.39, 0.29) is 17.5 Å². The van der Waals surface area contributed by atoms with Gasteiger partial charge in [0.2, 0.25) is 0 Å². The van der Waals surface area contributed by atoms with Crippen molar-refractivity contribution in [3.05, 3.63) is 33.3 Å². The molecule has 0 heterocycles. The summed E-state index contributed by atoms with van der Waals surface area (Å²) in [7, 11) is 0. The third-order valence-corrected chi connectivity index (χ3v) is 3.52. The van der Waals surface area contributed by atoms with Gasteiger partial charge in [-0.25, -0.2) is 0 Å². The second-order valence-corrected chi connectivity index (χ2v) is 6.09. The molecule has 0 aromatic heterocycles. The minimum atomic E-state index is -0.818. The molecule has 0 fully saturated rings. The molecule has 0 unspecified atom stereocenters. The minimum Gasteiger partial charge on any atom is -0.481 e. The Labute approximate surface area is 128 Å². The molecule has 0 radical (unpaired) electrons. The van der Waals surface area contributed by atoms with E-state index in [1.54, 1.807) is 0 Å². The predicted molar refractivity (Wildman–Crippen MR) is 81.9 cm³/mol. The van der Waals surface area contributed by atoms with Crippen LogP contribution in [0.25, 0.3) is 0 Å². The van der Waals surface area contributed by atoms with Gasteiger partial charge in [-0.05, 0) is 30.4 Å². The Morgan fingerprint density at radius 3 is 2.67 bits per heavy atom. The van der Waals surface area contributed by atoms with E-state index in [4.69, 9.17) is 16.7 Å². The van der Waals surface area contributed by atoms with Gasteiger partial charge in [-0.15, -0.1) is 0 Å². The number of anilines is 1. The van der Waals surface area contributed by atoms with Crippen LogP contribution >= 0.6 is 11.6 Å². The largest absolute Gasteiger partial charge is 0.481 e. The van der Waals surface area contributed by atoms with Crippen molar-refractivity contribution in [1.29, 1.82) is 0 Å². The summed E-state index contributed by atoms with van der Waals surface area (Å²) >= 11 is 5.85. The molecule has 0 aliphatic heterocycles. The Morgan fingerprint density at radius 1 is 1.43 bits per heavy atom. The normalized spacial score (nSPS) is 11.2. The van der Waals surface area contributed by atoms with Crippen molar-refractivity contribution < 1.29 is 14.8 Å². The molecule has 0 aliphatic carbocycles. The highest BCUT2D eigenvalue weighted by Crippen LogP contribution is 2.30. The first-order valence-electron chi connectivity index (χ1n) is 6.61. The van der Waals surface area contributed by atoms with Gasteiger partial charge in [-0.2, -0.15) is 0 Å². The molecule has 0 amide bonds. The van der Waals surface area contributed by atoms with Gasteiger partial charge in [0.05, 0.1) is 4.92 Å². The molecule has 0 atom stereocenters. The lowest BCUT2D eigenvalue weighted by Gasteiger charge is -2.24. The fourth-order valence-corrected chi connectivity index (χ4v) is 2.09. The van der Waals surface area contributed by atoms with Crippen LogP contribution in [0.4, 0.5) is 11.4 Å². The van der Waals surface area contributed by atoms with Crippen LogP contribution in [0.2, 0.25) is 5.02 Å². The first-order chi connectivity index (χ1) is 9.71. The summed E-state index contributed by atoms with van der Waals surface area (Å²) < 4.78 is 0. The number of hydrogen-bond donors (Lipinski definition) is 2. The molecule has 0 spiro atoms. The Balaban J connectivity index is 2.61. The van der Waals surface area contributed by atoms with Crippen molar-refractivity contribution in [3.8, 4) is 0 Å². The van der Waals surface area contributed by atoms with E-state index >= 15 is 0 Å². The monoisotopic (exact) mass is 314 g/mol. The summed E-state index contributed by atoms with van der Waals surface area (Å²) in [5.41, 5.74) is 0.197. The number of carbonyl (C=O) groups is 1. The van der Waals surface area contributed by atoms with Crippen LogP contribution in [-0.2, 0) is 4.79 Å². The minimum absolute atomic E-state index is 0.0252. The first kappa shape index (κ1) is 17.2. The van der Waals surface area contributed by atoms with E-state index in [0.29, 0.717) is 30.1 Å². The zero-order valence-corrected chi connectivity index (χ0v) is 12.8. The van der Waals surface area contributed by atoms with Crippen molar-refractivity contribution in [1.82, 2.24) is 0 Å². The molecule has 0 saturated carbocycles. The highest BCUT2D eigenvalue weighted by Gasteiger charge is 2.20. The average molecular weight is 315 g/mol. The summed E-state index contributed by atoms with van der Waals surface area (Å²) in [6, 6.07) is 4.35. The number of rotatable bonds is 8. The lowest BCUT2D eigenvalue weighted by molar-refractivity contribution is -0.384. The zero-order valence-electron chi connectivity index (χ0n) is 12.1. The van der Waals surface area contributed by atoms with E-state index in [1.807, 2.05) is 13.8 Å². The van der Waals surface area contributed by atoms with Crippen LogP contribution in [-0.4, -0.2) is 22.5 Å². The fourth-order valence-electron chi connectivity index (χ4n) is 1.91. The van der Waals surface area contributed by atoms with Gasteiger partial charge in [-0.1, -0.05) is 25.4 Å². The number of nitrogens with zero attached hydrogens (tertiary/aromatic N) is 1. The number of carboxylic acid groups (broad SMARTS) is 1. The van der Waals surface area contributed by atoms with Gasteiger partial charge in [0.1, 0.15) is 5.69 Å². The summed E-state index contributed by atoms with van der Waals surface area (Å²) in [4.78, 5) is 21.1.